The van der Waals surface area contributed by atoms with E-state index in [2.05, 4.69) is 21.7 Å². The lowest BCUT2D eigenvalue weighted by Crippen LogP contribution is -2.38. The zero-order valence-corrected chi connectivity index (χ0v) is 15.0. The molecule has 0 saturated carbocycles. The van der Waals surface area contributed by atoms with Gasteiger partial charge in [0.2, 0.25) is 0 Å². The lowest BCUT2D eigenvalue weighted by molar-refractivity contribution is 0.0888. The molecular formula is C19H28N4O2. The smallest absolute Gasteiger partial charge is 0.191 e. The van der Waals surface area contributed by atoms with Crippen LogP contribution >= 0.6 is 0 Å². The highest BCUT2D eigenvalue weighted by Crippen LogP contribution is 2.12. The molecule has 136 valence electrons. The highest BCUT2D eigenvalue weighted by Gasteiger charge is 2.15. The van der Waals surface area contributed by atoms with Crippen molar-refractivity contribution in [2.75, 3.05) is 39.5 Å². The topological polar surface area (TPSA) is 78.7 Å². The van der Waals surface area contributed by atoms with E-state index < -0.39 is 0 Å². The molecule has 2 rings (SSSR count). The summed E-state index contributed by atoms with van der Waals surface area (Å²) >= 11 is 0. The maximum absolute atomic E-state index is 8.95. The second-order valence-corrected chi connectivity index (χ2v) is 6.09. The number of aliphatic imine (C=N–C) groups is 1. The van der Waals surface area contributed by atoms with Crippen LogP contribution in [-0.4, -0.2) is 45.5 Å². The fourth-order valence-electron chi connectivity index (χ4n) is 2.60. The fraction of sp³-hybridized carbons (Fsp3) is 0.579. The Morgan fingerprint density at radius 2 is 2.36 bits per heavy atom. The van der Waals surface area contributed by atoms with Crippen molar-refractivity contribution in [2.45, 2.75) is 26.3 Å². The highest BCUT2D eigenvalue weighted by molar-refractivity contribution is 5.79. The molecule has 1 heterocycles. The van der Waals surface area contributed by atoms with Crippen LogP contribution in [0.1, 0.15) is 30.9 Å². The standard InChI is InChI=1S/C19H28N4O2/c1-2-21-19(23-13-17-6-3-5-16(11-17)12-20)22-8-4-9-24-14-18-7-10-25-15-18/h3,5-6,11,18H,2,4,7-10,13-15H2,1H3,(H2,21,22,23). The van der Waals surface area contributed by atoms with Gasteiger partial charge in [0.1, 0.15) is 0 Å². The summed E-state index contributed by atoms with van der Waals surface area (Å²) in [6.45, 7) is 7.45. The van der Waals surface area contributed by atoms with Crippen molar-refractivity contribution in [3.63, 3.8) is 0 Å². The minimum atomic E-state index is 0.545. The van der Waals surface area contributed by atoms with E-state index in [4.69, 9.17) is 14.7 Å². The first-order chi connectivity index (χ1) is 12.3. The number of ether oxygens (including phenoxy) is 2. The van der Waals surface area contributed by atoms with Crippen LogP contribution in [-0.2, 0) is 16.0 Å². The quantitative estimate of drug-likeness (QED) is 0.407. The van der Waals surface area contributed by atoms with Gasteiger partial charge in [-0.05, 0) is 37.5 Å². The Labute approximate surface area is 150 Å². The predicted octanol–water partition coefficient (Wildman–Crippen LogP) is 2.06. The van der Waals surface area contributed by atoms with Crippen molar-refractivity contribution in [3.05, 3.63) is 35.4 Å². The fourth-order valence-corrected chi connectivity index (χ4v) is 2.60. The molecule has 1 atom stereocenters. The molecular weight excluding hydrogens is 316 g/mol. The molecule has 0 aromatic heterocycles. The molecule has 1 unspecified atom stereocenters. The van der Waals surface area contributed by atoms with Crippen LogP contribution in [0.2, 0.25) is 0 Å². The molecule has 25 heavy (non-hydrogen) atoms. The third kappa shape index (κ3) is 7.55. The summed E-state index contributed by atoms with van der Waals surface area (Å²) in [5, 5.41) is 15.5. The second-order valence-electron chi connectivity index (χ2n) is 6.09. The van der Waals surface area contributed by atoms with Crippen molar-refractivity contribution in [3.8, 4) is 6.07 Å². The molecule has 0 spiro atoms. The molecule has 0 amide bonds. The average molecular weight is 344 g/mol. The van der Waals surface area contributed by atoms with E-state index in [1.807, 2.05) is 25.1 Å². The minimum absolute atomic E-state index is 0.545. The third-order valence-corrected chi connectivity index (χ3v) is 3.96. The Hall–Kier alpha value is -2.10. The van der Waals surface area contributed by atoms with Gasteiger partial charge < -0.3 is 20.1 Å². The number of rotatable bonds is 9. The molecule has 1 aromatic carbocycles. The number of guanidine groups is 1. The van der Waals surface area contributed by atoms with Crippen LogP contribution < -0.4 is 10.6 Å². The van der Waals surface area contributed by atoms with Crippen LogP contribution in [0, 0.1) is 17.2 Å². The van der Waals surface area contributed by atoms with Crippen molar-refractivity contribution >= 4 is 5.96 Å². The van der Waals surface area contributed by atoms with Gasteiger partial charge in [-0.2, -0.15) is 5.26 Å². The largest absolute Gasteiger partial charge is 0.381 e. The number of nitriles is 1. The van der Waals surface area contributed by atoms with Crippen LogP contribution in [0.4, 0.5) is 0 Å². The Morgan fingerprint density at radius 1 is 1.44 bits per heavy atom. The van der Waals surface area contributed by atoms with E-state index in [9.17, 15) is 0 Å². The van der Waals surface area contributed by atoms with Gasteiger partial charge in [0, 0.05) is 32.2 Å². The average Bonchev–Trinajstić information content (AvgIpc) is 3.16. The number of nitrogens with one attached hydrogen (secondary N) is 2. The Bertz CT molecular complexity index is 577. The lowest BCUT2D eigenvalue weighted by Gasteiger charge is -2.12. The summed E-state index contributed by atoms with van der Waals surface area (Å²) in [4.78, 5) is 4.57. The summed E-state index contributed by atoms with van der Waals surface area (Å²) in [5.41, 5.74) is 1.69. The molecule has 1 saturated heterocycles. The Balaban J connectivity index is 1.67. The van der Waals surface area contributed by atoms with Gasteiger partial charge in [-0.15, -0.1) is 0 Å². The van der Waals surface area contributed by atoms with Crippen LogP contribution in [0.3, 0.4) is 0 Å². The molecule has 6 heteroatoms. The zero-order chi connectivity index (χ0) is 17.7. The monoisotopic (exact) mass is 344 g/mol. The molecule has 2 N–H and O–H groups in total. The predicted molar refractivity (Wildman–Crippen MR) is 98.3 cm³/mol. The highest BCUT2D eigenvalue weighted by atomic mass is 16.5. The Kier molecular flexibility index (Phi) is 8.81. The van der Waals surface area contributed by atoms with E-state index in [0.717, 1.165) is 63.9 Å². The van der Waals surface area contributed by atoms with Crippen molar-refractivity contribution in [1.82, 2.24) is 10.6 Å². The number of benzene rings is 1. The van der Waals surface area contributed by atoms with E-state index in [1.165, 1.54) is 0 Å². The normalized spacial score (nSPS) is 17.3. The summed E-state index contributed by atoms with van der Waals surface area (Å²) in [6, 6.07) is 9.69. The van der Waals surface area contributed by atoms with Gasteiger partial charge in [0.25, 0.3) is 0 Å². The molecule has 1 aliphatic heterocycles. The van der Waals surface area contributed by atoms with Gasteiger partial charge in [0.05, 0.1) is 31.4 Å². The molecule has 1 fully saturated rings. The number of hydrogen-bond donors (Lipinski definition) is 2. The van der Waals surface area contributed by atoms with Gasteiger partial charge in [0.15, 0.2) is 5.96 Å². The maximum Gasteiger partial charge on any atom is 0.191 e. The first-order valence-electron chi connectivity index (χ1n) is 8.98. The van der Waals surface area contributed by atoms with E-state index in [-0.39, 0.29) is 0 Å². The summed E-state index contributed by atoms with van der Waals surface area (Å²) in [6.07, 6.45) is 2.05. The van der Waals surface area contributed by atoms with Crippen LogP contribution in [0.25, 0.3) is 0 Å². The van der Waals surface area contributed by atoms with Crippen molar-refractivity contribution < 1.29 is 9.47 Å². The molecule has 0 aliphatic carbocycles. The zero-order valence-electron chi connectivity index (χ0n) is 15.0. The number of hydrogen-bond acceptors (Lipinski definition) is 4. The van der Waals surface area contributed by atoms with Gasteiger partial charge in [-0.3, -0.25) is 0 Å². The van der Waals surface area contributed by atoms with Crippen LogP contribution in [0.5, 0.6) is 0 Å². The minimum Gasteiger partial charge on any atom is -0.381 e. The summed E-state index contributed by atoms with van der Waals surface area (Å²) in [5.74, 6) is 1.35. The summed E-state index contributed by atoms with van der Waals surface area (Å²) in [7, 11) is 0. The maximum atomic E-state index is 8.95. The van der Waals surface area contributed by atoms with E-state index in [0.29, 0.717) is 18.0 Å². The molecule has 0 radical (unpaired) electrons. The third-order valence-electron chi connectivity index (χ3n) is 3.96. The van der Waals surface area contributed by atoms with Crippen molar-refractivity contribution in [1.29, 1.82) is 5.26 Å². The van der Waals surface area contributed by atoms with E-state index >= 15 is 0 Å². The second kappa shape index (κ2) is 11.5. The lowest BCUT2D eigenvalue weighted by atomic mass is 10.1. The first-order valence-corrected chi connectivity index (χ1v) is 8.98. The number of nitrogens with zero attached hydrogens (tertiary/aromatic N) is 2. The van der Waals surface area contributed by atoms with E-state index in [1.54, 1.807) is 6.07 Å². The van der Waals surface area contributed by atoms with Gasteiger partial charge >= 0.3 is 0 Å². The van der Waals surface area contributed by atoms with Gasteiger partial charge in [-0.25, -0.2) is 4.99 Å². The Morgan fingerprint density at radius 3 is 3.12 bits per heavy atom. The molecule has 1 aliphatic rings. The first kappa shape index (κ1) is 19.2. The molecule has 0 bridgehead atoms. The van der Waals surface area contributed by atoms with Crippen molar-refractivity contribution in [2.24, 2.45) is 10.9 Å². The molecule has 1 aromatic rings. The summed E-state index contributed by atoms with van der Waals surface area (Å²) < 4.78 is 11.0. The van der Waals surface area contributed by atoms with Gasteiger partial charge in [-0.1, -0.05) is 12.1 Å². The van der Waals surface area contributed by atoms with Crippen LogP contribution in [0.15, 0.2) is 29.3 Å². The SMILES string of the molecule is CCNC(=NCc1cccc(C#N)c1)NCCCOCC1CCOC1. The molecule has 6 nitrogen and oxygen atoms in total.